The number of aromatic nitrogens is 4. The smallest absolute Gasteiger partial charge is 0.0537 e. The van der Waals surface area contributed by atoms with Crippen LogP contribution in [0.4, 0.5) is 0 Å². The third kappa shape index (κ3) is 3.18. The minimum absolute atomic E-state index is 0.731. The molecule has 0 radical (unpaired) electrons. The van der Waals surface area contributed by atoms with E-state index in [1.54, 1.807) is 0 Å². The molecule has 1 atom stereocenters. The fourth-order valence-electron chi connectivity index (χ4n) is 3.27. The Balaban J connectivity index is 1.61. The van der Waals surface area contributed by atoms with E-state index in [2.05, 4.69) is 34.0 Å². The van der Waals surface area contributed by atoms with Gasteiger partial charge in [0, 0.05) is 37.1 Å². The highest BCUT2D eigenvalue weighted by atomic mass is 15.3. The van der Waals surface area contributed by atoms with E-state index in [4.69, 9.17) is 0 Å². The van der Waals surface area contributed by atoms with Crippen LogP contribution in [0.3, 0.4) is 0 Å². The molecule has 2 aromatic heterocycles. The molecule has 5 heteroatoms. The molecule has 1 fully saturated rings. The zero-order valence-electron chi connectivity index (χ0n) is 13.3. The monoisotopic (exact) mass is 287 g/mol. The molecule has 1 N–H and O–H groups in total. The molecule has 2 aromatic rings. The molecule has 1 saturated heterocycles. The normalized spacial score (nSPS) is 20.0. The number of hydrogen-bond donors (Lipinski definition) is 1. The Morgan fingerprint density at radius 1 is 1.33 bits per heavy atom. The molecule has 5 nitrogen and oxygen atoms in total. The predicted molar refractivity (Wildman–Crippen MR) is 83.0 cm³/mol. The van der Waals surface area contributed by atoms with E-state index >= 15 is 0 Å². The Morgan fingerprint density at radius 2 is 2.19 bits per heavy atom. The van der Waals surface area contributed by atoms with Gasteiger partial charge >= 0.3 is 0 Å². The molecular formula is C16H25N5. The van der Waals surface area contributed by atoms with E-state index in [1.165, 1.54) is 48.4 Å². The number of hydrogen-bond acceptors (Lipinski definition) is 3. The number of piperidine rings is 1. The molecule has 0 spiro atoms. The van der Waals surface area contributed by atoms with Crippen molar-refractivity contribution in [2.45, 2.75) is 39.7 Å². The maximum Gasteiger partial charge on any atom is 0.0537 e. The molecule has 114 valence electrons. The molecule has 0 aromatic carbocycles. The zero-order valence-corrected chi connectivity index (χ0v) is 13.3. The second kappa shape index (κ2) is 6.02. The third-order valence-corrected chi connectivity index (χ3v) is 4.76. The first-order valence-electron chi connectivity index (χ1n) is 7.82. The van der Waals surface area contributed by atoms with Gasteiger partial charge in [-0.15, -0.1) is 0 Å². The lowest BCUT2D eigenvalue weighted by Gasteiger charge is -2.32. The second-order valence-corrected chi connectivity index (χ2v) is 6.36. The van der Waals surface area contributed by atoms with E-state index < -0.39 is 0 Å². The van der Waals surface area contributed by atoms with Crippen molar-refractivity contribution in [3.05, 3.63) is 34.9 Å². The molecule has 21 heavy (non-hydrogen) atoms. The number of rotatable bonds is 4. The number of likely N-dealkylation sites (tertiary alicyclic amines) is 1. The van der Waals surface area contributed by atoms with Gasteiger partial charge in [-0.3, -0.25) is 14.7 Å². The van der Waals surface area contributed by atoms with Gasteiger partial charge in [0.2, 0.25) is 0 Å². The SMILES string of the molecule is Cc1cn[nH]c1C[C@@H]1CCCN(Cc2cnn(C)c2C)C1. The van der Waals surface area contributed by atoms with E-state index in [0.29, 0.717) is 0 Å². The summed E-state index contributed by atoms with van der Waals surface area (Å²) in [4.78, 5) is 2.57. The van der Waals surface area contributed by atoms with Crippen LogP contribution >= 0.6 is 0 Å². The van der Waals surface area contributed by atoms with Gasteiger partial charge in [-0.1, -0.05) is 0 Å². The molecule has 1 aliphatic rings. The maximum absolute atomic E-state index is 4.35. The molecule has 1 aliphatic heterocycles. The minimum atomic E-state index is 0.731. The Morgan fingerprint density at radius 3 is 2.86 bits per heavy atom. The molecule has 0 amide bonds. The van der Waals surface area contributed by atoms with Gasteiger partial charge in [0.15, 0.2) is 0 Å². The molecule has 0 bridgehead atoms. The van der Waals surface area contributed by atoms with Crippen LogP contribution in [0.5, 0.6) is 0 Å². The van der Waals surface area contributed by atoms with Crippen LogP contribution in [0.2, 0.25) is 0 Å². The van der Waals surface area contributed by atoms with Crippen LogP contribution in [0, 0.1) is 19.8 Å². The minimum Gasteiger partial charge on any atom is -0.299 e. The van der Waals surface area contributed by atoms with Crippen LogP contribution in [0.25, 0.3) is 0 Å². The lowest BCUT2D eigenvalue weighted by molar-refractivity contribution is 0.166. The first-order valence-corrected chi connectivity index (χ1v) is 7.82. The van der Waals surface area contributed by atoms with Crippen molar-refractivity contribution in [1.82, 2.24) is 24.9 Å². The van der Waals surface area contributed by atoms with Gasteiger partial charge in [0.1, 0.15) is 0 Å². The fraction of sp³-hybridized carbons (Fsp3) is 0.625. The van der Waals surface area contributed by atoms with E-state index in [0.717, 1.165) is 18.9 Å². The Hall–Kier alpha value is -1.62. The Labute approximate surface area is 126 Å². The lowest BCUT2D eigenvalue weighted by atomic mass is 9.92. The topological polar surface area (TPSA) is 49.7 Å². The average molecular weight is 287 g/mol. The number of H-pyrrole nitrogens is 1. The highest BCUT2D eigenvalue weighted by molar-refractivity contribution is 5.16. The van der Waals surface area contributed by atoms with Gasteiger partial charge in [0.25, 0.3) is 0 Å². The van der Waals surface area contributed by atoms with Crippen molar-refractivity contribution in [2.75, 3.05) is 13.1 Å². The molecular weight excluding hydrogens is 262 g/mol. The molecule has 3 heterocycles. The van der Waals surface area contributed by atoms with Crippen molar-refractivity contribution >= 4 is 0 Å². The van der Waals surface area contributed by atoms with Crippen molar-refractivity contribution in [3.8, 4) is 0 Å². The number of nitrogens with one attached hydrogen (secondary N) is 1. The van der Waals surface area contributed by atoms with E-state index in [-0.39, 0.29) is 0 Å². The van der Waals surface area contributed by atoms with Crippen LogP contribution in [0.1, 0.15) is 35.4 Å². The largest absolute Gasteiger partial charge is 0.299 e. The van der Waals surface area contributed by atoms with E-state index in [9.17, 15) is 0 Å². The predicted octanol–water partition coefficient (Wildman–Crippen LogP) is 2.21. The zero-order chi connectivity index (χ0) is 14.8. The first kappa shape index (κ1) is 14.3. The van der Waals surface area contributed by atoms with E-state index in [1.807, 2.05) is 24.1 Å². The van der Waals surface area contributed by atoms with Gasteiger partial charge in [-0.2, -0.15) is 10.2 Å². The average Bonchev–Trinajstić information content (AvgIpc) is 3.00. The summed E-state index contributed by atoms with van der Waals surface area (Å²) >= 11 is 0. The summed E-state index contributed by atoms with van der Waals surface area (Å²) in [5, 5.41) is 11.6. The van der Waals surface area contributed by atoms with Gasteiger partial charge in [0.05, 0.1) is 12.4 Å². The number of nitrogens with zero attached hydrogens (tertiary/aromatic N) is 4. The molecule has 3 rings (SSSR count). The summed E-state index contributed by atoms with van der Waals surface area (Å²) in [5.41, 5.74) is 5.23. The van der Waals surface area contributed by atoms with Crippen LogP contribution in [-0.2, 0) is 20.0 Å². The summed E-state index contributed by atoms with van der Waals surface area (Å²) in [6.45, 7) is 7.69. The lowest BCUT2D eigenvalue weighted by Crippen LogP contribution is -2.36. The summed E-state index contributed by atoms with van der Waals surface area (Å²) in [6, 6.07) is 0. The number of aryl methyl sites for hydroxylation is 2. The molecule has 0 aliphatic carbocycles. The standard InChI is InChI=1S/C16H25N5/c1-12-8-17-19-16(12)7-14-5-4-6-21(10-14)11-15-9-18-20(3)13(15)2/h8-9,14H,4-7,10-11H2,1-3H3,(H,17,19)/t14-/m0/s1. The maximum atomic E-state index is 4.35. The van der Waals surface area contributed by atoms with Crippen LogP contribution < -0.4 is 0 Å². The third-order valence-electron chi connectivity index (χ3n) is 4.76. The highest BCUT2D eigenvalue weighted by Gasteiger charge is 2.22. The van der Waals surface area contributed by atoms with Gasteiger partial charge < -0.3 is 0 Å². The fourth-order valence-corrected chi connectivity index (χ4v) is 3.27. The number of aromatic amines is 1. The van der Waals surface area contributed by atoms with Crippen LogP contribution in [-0.4, -0.2) is 38.0 Å². The summed E-state index contributed by atoms with van der Waals surface area (Å²) < 4.78 is 1.96. The van der Waals surface area contributed by atoms with Crippen molar-refractivity contribution in [2.24, 2.45) is 13.0 Å². The van der Waals surface area contributed by atoms with Crippen molar-refractivity contribution in [3.63, 3.8) is 0 Å². The molecule has 0 unspecified atom stereocenters. The summed E-state index contributed by atoms with van der Waals surface area (Å²) in [6.07, 6.45) is 7.67. The van der Waals surface area contributed by atoms with Gasteiger partial charge in [-0.25, -0.2) is 0 Å². The second-order valence-electron chi connectivity index (χ2n) is 6.36. The van der Waals surface area contributed by atoms with Gasteiger partial charge in [-0.05, 0) is 51.1 Å². The Kier molecular flexibility index (Phi) is 4.10. The van der Waals surface area contributed by atoms with Crippen LogP contribution in [0.15, 0.2) is 12.4 Å². The Bertz CT molecular complexity index is 598. The molecule has 0 saturated carbocycles. The van der Waals surface area contributed by atoms with Crippen molar-refractivity contribution < 1.29 is 0 Å². The quantitative estimate of drug-likeness (QED) is 0.938. The van der Waals surface area contributed by atoms with Crippen molar-refractivity contribution in [1.29, 1.82) is 0 Å². The first-order chi connectivity index (χ1) is 10.1. The summed E-state index contributed by atoms with van der Waals surface area (Å²) in [7, 11) is 2.01. The highest BCUT2D eigenvalue weighted by Crippen LogP contribution is 2.23. The summed E-state index contributed by atoms with van der Waals surface area (Å²) in [5.74, 6) is 0.731.